The minimum Gasteiger partial charge on any atom is -0.480 e. The predicted octanol–water partition coefficient (Wildman–Crippen LogP) is 3.49. The van der Waals surface area contributed by atoms with Crippen LogP contribution in [0.4, 0.5) is 0 Å². The van der Waals surface area contributed by atoms with Crippen LogP contribution in [-0.4, -0.2) is 41.1 Å². The maximum atomic E-state index is 10.8. The summed E-state index contributed by atoms with van der Waals surface area (Å²) in [5.74, 6) is -0.727. The van der Waals surface area contributed by atoms with Crippen LogP contribution in [-0.2, 0) is 4.79 Å². The first-order valence-electron chi connectivity index (χ1n) is 8.02. The molecule has 1 atom stereocenters. The molecule has 0 aromatic rings. The van der Waals surface area contributed by atoms with Crippen LogP contribution in [0.5, 0.6) is 0 Å². The van der Waals surface area contributed by atoms with Crippen molar-refractivity contribution in [2.24, 2.45) is 0 Å². The van der Waals surface area contributed by atoms with Crippen molar-refractivity contribution in [3.8, 4) is 0 Å². The van der Waals surface area contributed by atoms with Crippen molar-refractivity contribution in [2.45, 2.75) is 84.1 Å². The van der Waals surface area contributed by atoms with Gasteiger partial charge in [-0.15, -0.1) is 0 Å². The van der Waals surface area contributed by atoms with E-state index in [0.717, 1.165) is 13.0 Å². The maximum Gasteiger partial charge on any atom is 0.320 e. The molecule has 0 aliphatic rings. The van der Waals surface area contributed by atoms with Crippen molar-refractivity contribution in [3.05, 3.63) is 0 Å². The van der Waals surface area contributed by atoms with Crippen LogP contribution in [0.25, 0.3) is 0 Å². The van der Waals surface area contributed by atoms with E-state index in [4.69, 9.17) is 5.11 Å². The number of hydrogen-bond acceptors (Lipinski definition) is 2. The van der Waals surface area contributed by atoms with Gasteiger partial charge in [0.25, 0.3) is 0 Å². The lowest BCUT2D eigenvalue weighted by atomic mass is 10.1. The number of rotatable bonds is 13. The zero-order valence-electron chi connectivity index (χ0n) is 13.7. The molecule has 0 amide bonds. The molecule has 0 aliphatic carbocycles. The molecule has 0 aromatic heterocycles. The highest BCUT2D eigenvalue weighted by Crippen LogP contribution is 2.11. The van der Waals surface area contributed by atoms with Gasteiger partial charge < -0.3 is 10.6 Å². The Bertz CT molecular complexity index is 222. The Morgan fingerprint density at radius 2 is 1.35 bits per heavy atom. The second-order valence-electron chi connectivity index (χ2n) is 5.68. The number of carboxylic acid groups (broad SMARTS) is 1. The van der Waals surface area contributed by atoms with Gasteiger partial charge in [0.2, 0.25) is 0 Å². The normalized spacial score (nSPS) is 12.2. The number of likely N-dealkylation sites (N-methyl/N-ethyl adjacent to an activating group) is 1. The van der Waals surface area contributed by atoms with E-state index in [1.165, 1.54) is 57.8 Å². The van der Waals surface area contributed by atoms with E-state index in [1.807, 2.05) is 11.9 Å². The molecule has 0 saturated heterocycles. The van der Waals surface area contributed by atoms with Crippen LogP contribution >= 0.6 is 0 Å². The third-order valence-electron chi connectivity index (χ3n) is 3.88. The lowest BCUT2D eigenvalue weighted by molar-refractivity contribution is -0.142. The molecule has 0 fully saturated rings. The largest absolute Gasteiger partial charge is 0.480 e. The molecule has 4 heteroatoms. The minimum absolute atomic E-state index is 0. The topological polar surface area (TPSA) is 72.0 Å². The molecule has 0 aromatic carbocycles. The van der Waals surface area contributed by atoms with E-state index < -0.39 is 5.97 Å². The van der Waals surface area contributed by atoms with Gasteiger partial charge in [0, 0.05) is 0 Å². The summed E-state index contributed by atoms with van der Waals surface area (Å²) in [6.07, 6.45) is 13.2. The fourth-order valence-corrected chi connectivity index (χ4v) is 2.23. The smallest absolute Gasteiger partial charge is 0.320 e. The number of unbranched alkanes of at least 4 members (excludes halogenated alkanes) is 9. The van der Waals surface area contributed by atoms with E-state index in [9.17, 15) is 4.79 Å². The van der Waals surface area contributed by atoms with E-state index in [1.54, 1.807) is 6.92 Å². The number of nitrogens with zero attached hydrogens (tertiary/aromatic N) is 1. The Morgan fingerprint density at radius 3 is 1.75 bits per heavy atom. The molecule has 122 valence electrons. The van der Waals surface area contributed by atoms with E-state index in [2.05, 4.69) is 6.92 Å². The van der Waals surface area contributed by atoms with Crippen LogP contribution in [0.2, 0.25) is 0 Å². The van der Waals surface area contributed by atoms with Gasteiger partial charge in [0.15, 0.2) is 0 Å². The summed E-state index contributed by atoms with van der Waals surface area (Å²) in [5.41, 5.74) is 0. The minimum atomic E-state index is -0.727. The van der Waals surface area contributed by atoms with Crippen LogP contribution in [0.1, 0.15) is 78.1 Å². The first kappa shape index (κ1) is 21.7. The monoisotopic (exact) mass is 289 g/mol. The SMILES string of the molecule is CCCCCCCCCCCCN(C)C(C)C(=O)O.O. The van der Waals surface area contributed by atoms with Crippen molar-refractivity contribution in [1.82, 2.24) is 4.90 Å². The van der Waals surface area contributed by atoms with Gasteiger partial charge in [-0.1, -0.05) is 64.7 Å². The second kappa shape index (κ2) is 14.8. The van der Waals surface area contributed by atoms with Gasteiger partial charge >= 0.3 is 5.97 Å². The van der Waals surface area contributed by atoms with Crippen molar-refractivity contribution < 1.29 is 15.4 Å². The van der Waals surface area contributed by atoms with Crippen molar-refractivity contribution >= 4 is 5.97 Å². The fourth-order valence-electron chi connectivity index (χ4n) is 2.23. The molecule has 0 bridgehead atoms. The lowest BCUT2D eigenvalue weighted by Crippen LogP contribution is -2.36. The lowest BCUT2D eigenvalue weighted by Gasteiger charge is -2.20. The van der Waals surface area contributed by atoms with Gasteiger partial charge in [0.05, 0.1) is 0 Å². The molecule has 1 unspecified atom stereocenters. The first-order valence-corrected chi connectivity index (χ1v) is 8.02. The Kier molecular flexibility index (Phi) is 16.0. The van der Waals surface area contributed by atoms with Gasteiger partial charge in [0.1, 0.15) is 6.04 Å². The number of hydrogen-bond donors (Lipinski definition) is 1. The molecular formula is C16H35NO3. The molecule has 20 heavy (non-hydrogen) atoms. The molecule has 3 N–H and O–H groups in total. The van der Waals surface area contributed by atoms with Gasteiger partial charge in [-0.2, -0.15) is 0 Å². The van der Waals surface area contributed by atoms with Crippen LogP contribution in [0, 0.1) is 0 Å². The molecule has 0 radical (unpaired) electrons. The summed E-state index contributed by atoms with van der Waals surface area (Å²) in [4.78, 5) is 12.7. The summed E-state index contributed by atoms with van der Waals surface area (Å²) in [5, 5.41) is 8.87. The first-order chi connectivity index (χ1) is 9.09. The standard InChI is InChI=1S/C16H33NO2.H2O/c1-4-5-6-7-8-9-10-11-12-13-14-17(3)15(2)16(18)19;/h15H,4-14H2,1-3H3,(H,18,19);1H2. The van der Waals surface area contributed by atoms with E-state index in [0.29, 0.717) is 0 Å². The highest BCUT2D eigenvalue weighted by atomic mass is 16.4. The van der Waals surface area contributed by atoms with Crippen molar-refractivity contribution in [2.75, 3.05) is 13.6 Å². The Labute approximate surface area is 124 Å². The summed E-state index contributed by atoms with van der Waals surface area (Å²) >= 11 is 0. The number of aliphatic carboxylic acids is 1. The number of carbonyl (C=O) groups is 1. The van der Waals surface area contributed by atoms with Gasteiger partial charge in [-0.3, -0.25) is 9.69 Å². The van der Waals surface area contributed by atoms with Gasteiger partial charge in [-0.25, -0.2) is 0 Å². The summed E-state index contributed by atoms with van der Waals surface area (Å²) in [6.45, 7) is 4.89. The molecular weight excluding hydrogens is 254 g/mol. The Morgan fingerprint density at radius 1 is 0.950 bits per heavy atom. The quantitative estimate of drug-likeness (QED) is 0.527. The third-order valence-corrected chi connectivity index (χ3v) is 3.88. The van der Waals surface area contributed by atoms with Crippen molar-refractivity contribution in [3.63, 3.8) is 0 Å². The Hall–Kier alpha value is -0.610. The van der Waals surface area contributed by atoms with Crippen LogP contribution in [0.3, 0.4) is 0 Å². The maximum absolute atomic E-state index is 10.8. The van der Waals surface area contributed by atoms with Crippen molar-refractivity contribution in [1.29, 1.82) is 0 Å². The highest BCUT2D eigenvalue weighted by molar-refractivity contribution is 5.72. The van der Waals surface area contributed by atoms with Gasteiger partial charge in [-0.05, 0) is 26.9 Å². The molecule has 0 heterocycles. The average Bonchev–Trinajstić information content (AvgIpc) is 2.39. The number of carboxylic acids is 1. The summed E-state index contributed by atoms with van der Waals surface area (Å²) in [6, 6.07) is -0.362. The molecule has 0 saturated carbocycles. The predicted molar refractivity (Wildman–Crippen MR) is 85.2 cm³/mol. The highest BCUT2D eigenvalue weighted by Gasteiger charge is 2.15. The molecule has 0 spiro atoms. The summed E-state index contributed by atoms with van der Waals surface area (Å²) < 4.78 is 0. The van der Waals surface area contributed by atoms with E-state index >= 15 is 0 Å². The molecule has 4 nitrogen and oxygen atoms in total. The van der Waals surface area contributed by atoms with Crippen LogP contribution in [0.15, 0.2) is 0 Å². The zero-order chi connectivity index (χ0) is 14.5. The Balaban J connectivity index is 0. The van der Waals surface area contributed by atoms with E-state index in [-0.39, 0.29) is 11.5 Å². The zero-order valence-corrected chi connectivity index (χ0v) is 13.7. The third kappa shape index (κ3) is 12.4. The molecule has 0 rings (SSSR count). The fraction of sp³-hybridized carbons (Fsp3) is 0.938. The second-order valence-corrected chi connectivity index (χ2v) is 5.68. The summed E-state index contributed by atoms with van der Waals surface area (Å²) in [7, 11) is 1.90. The van der Waals surface area contributed by atoms with Crippen LogP contribution < -0.4 is 0 Å². The average molecular weight is 289 g/mol. The molecule has 0 aliphatic heterocycles.